The van der Waals surface area contributed by atoms with Crippen LogP contribution < -0.4 is 15.4 Å². The molecule has 1 aromatic carbocycles. The van der Waals surface area contributed by atoms with Crippen molar-refractivity contribution in [3.8, 4) is 6.07 Å². The molecule has 0 aliphatic carbocycles. The van der Waals surface area contributed by atoms with Gasteiger partial charge in [0.05, 0.1) is 22.5 Å². The number of rotatable bonds is 4. The summed E-state index contributed by atoms with van der Waals surface area (Å²) in [5.74, 6) is 0.251. The van der Waals surface area contributed by atoms with Crippen molar-refractivity contribution >= 4 is 61.6 Å². The van der Waals surface area contributed by atoms with Crippen LogP contribution in [-0.4, -0.2) is 71.8 Å². The Bertz CT molecular complexity index is 1550. The summed E-state index contributed by atoms with van der Waals surface area (Å²) in [5, 5.41) is 9.74. The number of aromatic nitrogens is 1. The summed E-state index contributed by atoms with van der Waals surface area (Å²) in [6, 6.07) is 11.7. The highest BCUT2D eigenvalue weighted by Gasteiger charge is 2.42. The number of piperazine rings is 1. The van der Waals surface area contributed by atoms with Crippen molar-refractivity contribution in [1.82, 2.24) is 9.47 Å². The van der Waals surface area contributed by atoms with E-state index in [9.17, 15) is 23.3 Å². The fourth-order valence-electron chi connectivity index (χ4n) is 5.31. The van der Waals surface area contributed by atoms with Gasteiger partial charge in [-0.15, -0.1) is 0 Å². The molecule has 1 unspecified atom stereocenters. The molecule has 0 N–H and O–H groups in total. The number of benzene rings is 1. The number of thioether (sulfide) groups is 1. The van der Waals surface area contributed by atoms with Crippen LogP contribution >= 0.6 is 24.0 Å². The van der Waals surface area contributed by atoms with Crippen LogP contribution in [0.1, 0.15) is 23.1 Å². The Balaban J connectivity index is 1.51. The standard InChI is InChI=1S/C26H27N5O4S3/c1-17-20(14-22-25(33)31(26(36)37-22)19-8-13-38(34,35)16-19)23(28(2)24(32)21(17)15-27)30-11-9-29(10-12-30)18-6-4-3-5-7-18/h3-7,14,19H,8-13,16H2,1-2H3/b22-14+. The van der Waals surface area contributed by atoms with Crippen LogP contribution in [0.25, 0.3) is 6.08 Å². The number of thiocarbonyl (C=S) groups is 1. The molecule has 0 spiro atoms. The third-order valence-corrected chi connectivity index (χ3v) is 10.4. The Labute approximate surface area is 231 Å². The first-order valence-corrected chi connectivity index (χ1v) is 15.3. The number of hydrogen-bond donors (Lipinski definition) is 0. The first-order chi connectivity index (χ1) is 18.1. The maximum absolute atomic E-state index is 13.4. The molecule has 198 valence electrons. The van der Waals surface area contributed by atoms with Crippen molar-refractivity contribution in [2.24, 2.45) is 7.05 Å². The molecule has 3 fully saturated rings. The summed E-state index contributed by atoms with van der Waals surface area (Å²) in [7, 11) is -1.55. The third kappa shape index (κ3) is 4.74. The Hall–Kier alpha value is -3.14. The van der Waals surface area contributed by atoms with Crippen molar-refractivity contribution in [2.75, 3.05) is 47.5 Å². The quantitative estimate of drug-likeness (QED) is 0.405. The summed E-state index contributed by atoms with van der Waals surface area (Å²) in [4.78, 5) is 32.7. The summed E-state index contributed by atoms with van der Waals surface area (Å²) in [6.07, 6.45) is 2.06. The Kier molecular flexibility index (Phi) is 7.11. The number of nitriles is 1. The van der Waals surface area contributed by atoms with Gasteiger partial charge >= 0.3 is 0 Å². The van der Waals surface area contributed by atoms with E-state index in [4.69, 9.17) is 12.2 Å². The van der Waals surface area contributed by atoms with Crippen molar-refractivity contribution in [2.45, 2.75) is 19.4 Å². The molecular weight excluding hydrogens is 543 g/mol. The average molecular weight is 570 g/mol. The molecule has 1 atom stereocenters. The van der Waals surface area contributed by atoms with Gasteiger partial charge in [-0.05, 0) is 37.1 Å². The smallest absolute Gasteiger partial charge is 0.270 e. The summed E-state index contributed by atoms with van der Waals surface area (Å²) in [6.45, 7) is 4.51. The molecule has 4 heterocycles. The highest BCUT2D eigenvalue weighted by atomic mass is 32.2. The molecule has 1 amide bonds. The lowest BCUT2D eigenvalue weighted by molar-refractivity contribution is -0.123. The Morgan fingerprint density at radius 3 is 2.37 bits per heavy atom. The van der Waals surface area contributed by atoms with E-state index in [1.165, 1.54) is 9.47 Å². The van der Waals surface area contributed by atoms with E-state index in [-0.39, 0.29) is 28.5 Å². The second-order valence-corrected chi connectivity index (χ2v) is 13.5. The third-order valence-electron chi connectivity index (χ3n) is 7.34. The zero-order chi connectivity index (χ0) is 27.2. The van der Waals surface area contributed by atoms with Gasteiger partial charge in [0.1, 0.15) is 21.8 Å². The van der Waals surface area contributed by atoms with Crippen LogP contribution in [0.4, 0.5) is 11.5 Å². The summed E-state index contributed by atoms with van der Waals surface area (Å²) in [5.41, 5.74) is 1.91. The predicted molar refractivity (Wildman–Crippen MR) is 154 cm³/mol. The number of amides is 1. The monoisotopic (exact) mass is 569 g/mol. The minimum absolute atomic E-state index is 0.0304. The molecule has 1 aromatic heterocycles. The van der Waals surface area contributed by atoms with E-state index in [1.54, 1.807) is 20.0 Å². The second-order valence-electron chi connectivity index (χ2n) is 9.63. The van der Waals surface area contributed by atoms with E-state index in [0.29, 0.717) is 45.7 Å². The molecule has 38 heavy (non-hydrogen) atoms. The molecule has 0 bridgehead atoms. The highest BCUT2D eigenvalue weighted by molar-refractivity contribution is 8.26. The predicted octanol–water partition coefficient (Wildman–Crippen LogP) is 2.28. The van der Waals surface area contributed by atoms with Crippen LogP contribution in [0.2, 0.25) is 0 Å². The Morgan fingerprint density at radius 1 is 1.11 bits per heavy atom. The average Bonchev–Trinajstić information content (AvgIpc) is 3.40. The largest absolute Gasteiger partial charge is 0.368 e. The van der Waals surface area contributed by atoms with Gasteiger partial charge in [-0.25, -0.2) is 8.42 Å². The fraction of sp³-hybridized carbons (Fsp3) is 0.385. The van der Waals surface area contributed by atoms with Gasteiger partial charge in [-0.1, -0.05) is 42.2 Å². The molecule has 0 saturated carbocycles. The minimum atomic E-state index is -3.20. The normalized spacial score (nSPS) is 22.4. The lowest BCUT2D eigenvalue weighted by Gasteiger charge is -2.38. The number of pyridine rings is 1. The maximum atomic E-state index is 13.4. The zero-order valence-electron chi connectivity index (χ0n) is 21.1. The van der Waals surface area contributed by atoms with E-state index < -0.39 is 15.9 Å². The van der Waals surface area contributed by atoms with Crippen LogP contribution in [0.5, 0.6) is 0 Å². The number of carbonyl (C=O) groups excluding carboxylic acids is 1. The second kappa shape index (κ2) is 10.2. The molecule has 3 aliphatic rings. The summed E-state index contributed by atoms with van der Waals surface area (Å²) < 4.78 is 25.9. The number of para-hydroxylation sites is 1. The number of nitrogens with zero attached hydrogens (tertiary/aromatic N) is 5. The van der Waals surface area contributed by atoms with Gasteiger partial charge in [0.15, 0.2) is 9.84 Å². The first-order valence-electron chi connectivity index (χ1n) is 12.3. The van der Waals surface area contributed by atoms with Gasteiger partial charge in [0.25, 0.3) is 11.5 Å². The number of hydrogen-bond acceptors (Lipinski definition) is 9. The number of sulfone groups is 1. The molecule has 3 aliphatic heterocycles. The molecule has 12 heteroatoms. The summed E-state index contributed by atoms with van der Waals surface area (Å²) >= 11 is 6.60. The molecule has 9 nitrogen and oxygen atoms in total. The first kappa shape index (κ1) is 26.5. The van der Waals surface area contributed by atoms with Crippen molar-refractivity contribution in [1.29, 1.82) is 5.26 Å². The lowest BCUT2D eigenvalue weighted by Crippen LogP contribution is -2.48. The van der Waals surface area contributed by atoms with Gasteiger partial charge in [-0.3, -0.25) is 19.1 Å². The van der Waals surface area contributed by atoms with Crippen LogP contribution in [0.15, 0.2) is 40.0 Å². The van der Waals surface area contributed by atoms with E-state index in [2.05, 4.69) is 21.9 Å². The van der Waals surface area contributed by atoms with Gasteiger partial charge in [-0.2, -0.15) is 5.26 Å². The highest BCUT2D eigenvalue weighted by Crippen LogP contribution is 2.38. The molecule has 5 rings (SSSR count). The zero-order valence-corrected chi connectivity index (χ0v) is 23.5. The molecule has 0 radical (unpaired) electrons. The fourth-order valence-corrected chi connectivity index (χ4v) is 8.40. The topological polar surface area (TPSA) is 107 Å². The number of carbonyl (C=O) groups is 1. The maximum Gasteiger partial charge on any atom is 0.270 e. The molecule has 3 saturated heterocycles. The van der Waals surface area contributed by atoms with Crippen LogP contribution in [0.3, 0.4) is 0 Å². The lowest BCUT2D eigenvalue weighted by atomic mass is 10.0. The van der Waals surface area contributed by atoms with Gasteiger partial charge < -0.3 is 9.80 Å². The van der Waals surface area contributed by atoms with E-state index in [0.717, 1.165) is 30.5 Å². The van der Waals surface area contributed by atoms with Crippen LogP contribution in [0, 0.1) is 18.3 Å². The SMILES string of the molecule is Cc1c(/C=C2/SC(=S)N(C3CCS(=O)(=O)C3)C2=O)c(N2CCN(c3ccccc3)CC2)n(C)c(=O)c1C#N. The minimum Gasteiger partial charge on any atom is -0.368 e. The van der Waals surface area contributed by atoms with Gasteiger partial charge in [0.2, 0.25) is 0 Å². The van der Waals surface area contributed by atoms with Crippen molar-refractivity contribution < 1.29 is 13.2 Å². The van der Waals surface area contributed by atoms with Crippen LogP contribution in [-0.2, 0) is 21.7 Å². The van der Waals surface area contributed by atoms with E-state index in [1.807, 2.05) is 24.3 Å². The Morgan fingerprint density at radius 2 is 1.76 bits per heavy atom. The molecule has 2 aromatic rings. The molecular formula is C26H27N5O4S3. The van der Waals surface area contributed by atoms with Crippen molar-refractivity contribution in [3.05, 3.63) is 62.3 Å². The van der Waals surface area contributed by atoms with Crippen molar-refractivity contribution in [3.63, 3.8) is 0 Å². The van der Waals surface area contributed by atoms with Gasteiger partial charge in [0, 0.05) is 44.5 Å². The number of anilines is 2. The van der Waals surface area contributed by atoms with E-state index >= 15 is 0 Å².